The fourth-order valence-electron chi connectivity index (χ4n) is 6.63. The normalized spacial score (nSPS) is 21.5. The molecule has 0 spiro atoms. The number of ether oxygens (including phenoxy) is 1. The number of phenolic OH excluding ortho intramolecular Hbond substituents is 3. The van der Waals surface area contributed by atoms with E-state index in [0.717, 1.165) is 4.90 Å². The van der Waals surface area contributed by atoms with Crippen molar-refractivity contribution in [3.05, 3.63) is 62.3 Å². The van der Waals surface area contributed by atoms with E-state index in [-0.39, 0.29) is 68.9 Å². The number of carbonyl (C=O) groups excluding carboxylic acids is 1. The lowest BCUT2D eigenvalue weighted by atomic mass is 9.77. The number of carboxylic acid groups (broad SMARTS) is 1. The molecule has 1 aromatic heterocycles. The van der Waals surface area contributed by atoms with Crippen molar-refractivity contribution in [1.29, 1.82) is 0 Å². The Morgan fingerprint density at radius 3 is 2.54 bits per heavy atom. The van der Waals surface area contributed by atoms with Crippen LogP contribution in [0.25, 0.3) is 33.1 Å². The summed E-state index contributed by atoms with van der Waals surface area (Å²) in [5.41, 5.74) is 1.30. The summed E-state index contributed by atoms with van der Waals surface area (Å²) in [6.07, 6.45) is 1.13. The van der Waals surface area contributed by atoms with Crippen LogP contribution in [0, 0.1) is 6.92 Å². The molecule has 3 heterocycles. The molecule has 0 radical (unpaired) electrons. The van der Waals surface area contributed by atoms with Gasteiger partial charge in [-0.3, -0.25) is 14.5 Å². The molecule has 1 saturated heterocycles. The van der Waals surface area contributed by atoms with Gasteiger partial charge in [-0.1, -0.05) is 12.1 Å². The molecule has 3 aliphatic rings. The molecule has 2 aliphatic heterocycles. The molecule has 4 N–H and O–H groups in total. The molecule has 4 aromatic rings. The minimum Gasteiger partial charge on any atom is -0.506 e. The lowest BCUT2D eigenvalue weighted by molar-refractivity contribution is -0.142. The zero-order chi connectivity index (χ0) is 27.5. The Labute approximate surface area is 220 Å². The number of para-hydroxylation sites is 1. The third kappa shape index (κ3) is 2.86. The third-order valence-corrected chi connectivity index (χ3v) is 8.43. The number of carbonyl (C=O) groups is 2. The van der Waals surface area contributed by atoms with E-state index in [1.807, 2.05) is 0 Å². The van der Waals surface area contributed by atoms with E-state index in [0.29, 0.717) is 35.1 Å². The van der Waals surface area contributed by atoms with Gasteiger partial charge in [0.15, 0.2) is 17.4 Å². The van der Waals surface area contributed by atoms with Crippen LogP contribution < -0.4 is 5.43 Å². The number of aliphatic carboxylic acids is 1. The van der Waals surface area contributed by atoms with Gasteiger partial charge in [0.1, 0.15) is 28.2 Å². The molecular formula is C29H23NO9. The second-order valence-electron chi connectivity index (χ2n) is 10.6. The van der Waals surface area contributed by atoms with Gasteiger partial charge in [0.2, 0.25) is 5.43 Å². The summed E-state index contributed by atoms with van der Waals surface area (Å²) < 4.78 is 11.7. The Hall–Kier alpha value is -4.57. The van der Waals surface area contributed by atoms with Crippen LogP contribution in [0.1, 0.15) is 39.5 Å². The van der Waals surface area contributed by atoms with Gasteiger partial charge in [-0.2, -0.15) is 0 Å². The minimum atomic E-state index is -1.21. The third-order valence-electron chi connectivity index (χ3n) is 8.43. The summed E-state index contributed by atoms with van der Waals surface area (Å²) in [4.78, 5) is 40.2. The SMILES string of the molecule is Cc1c2c(c(O)c3c(=O)c4cccc(O)c4oc13)-c1c(cc3c(c1O)C(=O)N1[C@@H](C(=O)O)CO[C@]1(C)C3)CC2. The van der Waals surface area contributed by atoms with Gasteiger partial charge in [0.05, 0.1) is 17.6 Å². The predicted octanol–water partition coefficient (Wildman–Crippen LogP) is 3.33. The average molecular weight is 530 g/mol. The first kappa shape index (κ1) is 23.5. The molecule has 198 valence electrons. The van der Waals surface area contributed by atoms with Crippen molar-refractivity contribution in [3.63, 3.8) is 0 Å². The van der Waals surface area contributed by atoms with Gasteiger partial charge in [-0.15, -0.1) is 0 Å². The van der Waals surface area contributed by atoms with Crippen LogP contribution in [0.5, 0.6) is 17.2 Å². The van der Waals surface area contributed by atoms with Crippen molar-refractivity contribution in [2.45, 2.75) is 44.9 Å². The monoisotopic (exact) mass is 529 g/mol. The van der Waals surface area contributed by atoms with E-state index in [1.54, 1.807) is 19.9 Å². The van der Waals surface area contributed by atoms with Crippen molar-refractivity contribution in [2.24, 2.45) is 0 Å². The summed E-state index contributed by atoms with van der Waals surface area (Å²) in [5.74, 6) is -2.84. The Balaban J connectivity index is 1.53. The van der Waals surface area contributed by atoms with Crippen LogP contribution in [-0.2, 0) is 28.8 Å². The molecule has 10 heteroatoms. The van der Waals surface area contributed by atoms with Crippen LogP contribution in [-0.4, -0.2) is 55.6 Å². The largest absolute Gasteiger partial charge is 0.506 e. The van der Waals surface area contributed by atoms with Crippen LogP contribution in [0.3, 0.4) is 0 Å². The number of hydrogen-bond acceptors (Lipinski definition) is 8. The zero-order valence-electron chi connectivity index (χ0n) is 21.0. The summed E-state index contributed by atoms with van der Waals surface area (Å²) in [6.45, 7) is 3.23. The van der Waals surface area contributed by atoms with Crippen molar-refractivity contribution in [2.75, 3.05) is 6.61 Å². The highest BCUT2D eigenvalue weighted by atomic mass is 16.5. The Morgan fingerprint density at radius 2 is 1.79 bits per heavy atom. The van der Waals surface area contributed by atoms with E-state index in [9.17, 15) is 34.8 Å². The predicted molar refractivity (Wildman–Crippen MR) is 138 cm³/mol. The van der Waals surface area contributed by atoms with E-state index in [4.69, 9.17) is 9.15 Å². The standard InChI is InChI=1S/C29H23NO9/c1-11-14-7-6-12-8-13-9-29(2)30(16(10-38-29)28(36)37)27(35)19(13)23(33)18(12)20(14)24(34)21-22(32)15-4-3-5-17(31)26(15)39-25(11)21/h3-5,8,16,31,33-34H,6-7,9-10H2,1-2H3,(H,36,37)/t16-,29-/m1/s1. The number of rotatable bonds is 1. The van der Waals surface area contributed by atoms with E-state index < -0.39 is 29.1 Å². The summed E-state index contributed by atoms with van der Waals surface area (Å²) in [6, 6.07) is 4.99. The van der Waals surface area contributed by atoms with Crippen molar-refractivity contribution in [1.82, 2.24) is 4.90 Å². The highest BCUT2D eigenvalue weighted by Crippen LogP contribution is 2.52. The first-order chi connectivity index (χ1) is 18.5. The van der Waals surface area contributed by atoms with Crippen LogP contribution in [0.15, 0.2) is 33.5 Å². The second-order valence-corrected chi connectivity index (χ2v) is 10.6. The summed E-state index contributed by atoms with van der Waals surface area (Å²) >= 11 is 0. The van der Waals surface area contributed by atoms with Gasteiger partial charge >= 0.3 is 5.97 Å². The van der Waals surface area contributed by atoms with Gasteiger partial charge in [-0.05, 0) is 61.1 Å². The Morgan fingerprint density at radius 1 is 1.03 bits per heavy atom. The summed E-state index contributed by atoms with van der Waals surface area (Å²) in [7, 11) is 0. The number of carboxylic acids is 1. The van der Waals surface area contributed by atoms with Crippen LogP contribution in [0.2, 0.25) is 0 Å². The number of nitrogens with zero attached hydrogens (tertiary/aromatic N) is 1. The van der Waals surface area contributed by atoms with Gasteiger partial charge in [-0.25, -0.2) is 4.79 Å². The maximum atomic E-state index is 13.7. The number of fused-ring (bicyclic) bond motifs is 7. The molecule has 0 bridgehead atoms. The maximum Gasteiger partial charge on any atom is 0.328 e. The fourth-order valence-corrected chi connectivity index (χ4v) is 6.63. The number of aryl methyl sites for hydroxylation is 2. The second kappa shape index (κ2) is 7.51. The zero-order valence-corrected chi connectivity index (χ0v) is 21.0. The smallest absolute Gasteiger partial charge is 0.328 e. The van der Waals surface area contributed by atoms with E-state index in [1.165, 1.54) is 18.2 Å². The quantitative estimate of drug-likeness (QED) is 0.271. The van der Waals surface area contributed by atoms with Gasteiger partial charge in [0, 0.05) is 17.5 Å². The number of hydrogen-bond donors (Lipinski definition) is 4. The van der Waals surface area contributed by atoms with Crippen molar-refractivity contribution in [3.8, 4) is 28.4 Å². The molecule has 1 aliphatic carbocycles. The van der Waals surface area contributed by atoms with Crippen molar-refractivity contribution < 1.29 is 39.2 Å². The first-order valence-corrected chi connectivity index (χ1v) is 12.5. The Kier molecular flexibility index (Phi) is 4.53. The molecule has 39 heavy (non-hydrogen) atoms. The molecular weight excluding hydrogens is 506 g/mol. The molecule has 3 aromatic carbocycles. The molecule has 1 fully saturated rings. The van der Waals surface area contributed by atoms with Gasteiger partial charge in [0.25, 0.3) is 5.91 Å². The van der Waals surface area contributed by atoms with E-state index in [2.05, 4.69) is 0 Å². The maximum absolute atomic E-state index is 13.7. The number of phenols is 3. The molecule has 0 saturated carbocycles. The Bertz CT molecular complexity index is 1890. The average Bonchev–Trinajstić information content (AvgIpc) is 3.25. The lowest BCUT2D eigenvalue weighted by Crippen LogP contribution is -2.56. The fraction of sp³-hybridized carbons (Fsp3) is 0.276. The molecule has 7 rings (SSSR count). The minimum absolute atomic E-state index is 0.0139. The lowest BCUT2D eigenvalue weighted by Gasteiger charge is -2.41. The number of aromatic hydroxyl groups is 3. The molecule has 0 unspecified atom stereocenters. The molecule has 10 nitrogen and oxygen atoms in total. The van der Waals surface area contributed by atoms with Gasteiger partial charge < -0.3 is 29.6 Å². The molecule has 1 amide bonds. The van der Waals surface area contributed by atoms with Crippen LogP contribution in [0.4, 0.5) is 0 Å². The van der Waals surface area contributed by atoms with E-state index >= 15 is 0 Å². The highest BCUT2D eigenvalue weighted by molar-refractivity contribution is 6.07. The molecule has 2 atom stereocenters. The van der Waals surface area contributed by atoms with Crippen molar-refractivity contribution >= 4 is 33.8 Å². The topological polar surface area (TPSA) is 158 Å². The highest BCUT2D eigenvalue weighted by Gasteiger charge is 2.54. The summed E-state index contributed by atoms with van der Waals surface area (Å²) in [5, 5.41) is 43.1. The van der Waals surface area contributed by atoms with Crippen LogP contribution >= 0.6 is 0 Å². The first-order valence-electron chi connectivity index (χ1n) is 12.5. The number of amides is 1. The number of benzene rings is 3.